The van der Waals surface area contributed by atoms with Crippen LogP contribution in [0.2, 0.25) is 0 Å². The lowest BCUT2D eigenvalue weighted by Crippen LogP contribution is -2.35. The molecule has 4 aromatic rings. The lowest BCUT2D eigenvalue weighted by molar-refractivity contribution is 0.0522. The van der Waals surface area contributed by atoms with Crippen LogP contribution in [0.4, 0.5) is 26.2 Å². The summed E-state index contributed by atoms with van der Waals surface area (Å²) in [6.45, 7) is 17.7. The van der Waals surface area contributed by atoms with E-state index in [0.29, 0.717) is 50.8 Å². The van der Waals surface area contributed by atoms with Gasteiger partial charge in [-0.25, -0.2) is 23.8 Å². The first-order chi connectivity index (χ1) is 24.2. The van der Waals surface area contributed by atoms with Gasteiger partial charge in [0.2, 0.25) is 11.1 Å². The van der Waals surface area contributed by atoms with E-state index in [4.69, 9.17) is 21.0 Å². The third kappa shape index (κ3) is 5.67. The fourth-order valence-electron chi connectivity index (χ4n) is 7.88. The molecule has 12 nitrogen and oxygen atoms in total. The highest BCUT2D eigenvalue weighted by Crippen LogP contribution is 2.55. The maximum atomic E-state index is 16.1. The van der Waals surface area contributed by atoms with Crippen molar-refractivity contribution in [1.29, 1.82) is 0 Å². The summed E-state index contributed by atoms with van der Waals surface area (Å²) in [5, 5.41) is 0.237. The van der Waals surface area contributed by atoms with Crippen LogP contribution in [-0.4, -0.2) is 83.5 Å². The molecule has 2 fully saturated rings. The zero-order chi connectivity index (χ0) is 36.5. The molecular formula is C38H40FN7O5. The third-order valence-electron chi connectivity index (χ3n) is 10.0. The number of anilines is 2. The summed E-state index contributed by atoms with van der Waals surface area (Å²) < 4.78 is 28.5. The molecule has 0 unspecified atom stereocenters. The molecular weight excluding hydrogens is 653 g/mol. The Morgan fingerprint density at radius 2 is 1.90 bits per heavy atom. The first-order valence-corrected chi connectivity index (χ1v) is 17.1. The smallest absolute Gasteiger partial charge is 0.414 e. The van der Waals surface area contributed by atoms with E-state index in [0.717, 1.165) is 31.7 Å². The van der Waals surface area contributed by atoms with Crippen LogP contribution in [0.3, 0.4) is 0 Å². The predicted molar refractivity (Wildman–Crippen MR) is 192 cm³/mol. The number of halogens is 1. The first kappa shape index (κ1) is 34.1. The standard InChI is InChI=1S/C38H40FN7O5/c1-9-50-36(48)25-18-44(7)35-23(34(25)47)12-21(15-42-35)24-16-41-27-13-22-28(45(8)37(49)51-38(2,3)4)14-26(39)32(40-5)30(22)31(27)33(24)46-11-10-20-17-43(6)19-29(20)46/h12,14-16,18,20,29H,9-11,13,17,19H2,1-4,6-8H3/t20-,29+/m0/s1. The highest BCUT2D eigenvalue weighted by Gasteiger charge is 2.44. The van der Waals surface area contributed by atoms with Gasteiger partial charge in [-0.15, -0.1) is 0 Å². The molecule has 51 heavy (non-hydrogen) atoms. The number of benzene rings is 1. The molecule has 0 saturated carbocycles. The summed E-state index contributed by atoms with van der Waals surface area (Å²) in [6.07, 6.45) is 5.42. The van der Waals surface area contributed by atoms with E-state index >= 15 is 4.39 Å². The van der Waals surface area contributed by atoms with E-state index in [1.807, 2.05) is 0 Å². The number of rotatable bonds is 5. The summed E-state index contributed by atoms with van der Waals surface area (Å²) in [6, 6.07) is 3.09. The monoisotopic (exact) mass is 693 g/mol. The van der Waals surface area contributed by atoms with Gasteiger partial charge in [-0.3, -0.25) is 14.7 Å². The Balaban J connectivity index is 1.48. The zero-order valence-electron chi connectivity index (χ0n) is 29.8. The fourth-order valence-corrected chi connectivity index (χ4v) is 7.88. The molecule has 0 bridgehead atoms. The topological polar surface area (TPSA) is 114 Å². The normalized spacial score (nSPS) is 18.0. The quantitative estimate of drug-likeness (QED) is 0.163. The lowest BCUT2D eigenvalue weighted by atomic mass is 9.95. The molecule has 5 heterocycles. The minimum Gasteiger partial charge on any atom is -0.462 e. The molecule has 264 valence electrons. The molecule has 2 aliphatic heterocycles. The van der Waals surface area contributed by atoms with Gasteiger partial charge in [0.25, 0.3) is 0 Å². The van der Waals surface area contributed by atoms with E-state index in [1.165, 1.54) is 24.2 Å². The van der Waals surface area contributed by atoms with E-state index in [9.17, 15) is 14.4 Å². The van der Waals surface area contributed by atoms with E-state index in [1.54, 1.807) is 57.8 Å². The van der Waals surface area contributed by atoms with E-state index < -0.39 is 28.9 Å². The number of carbonyl (C=O) groups is 2. The van der Waals surface area contributed by atoms with Crippen molar-refractivity contribution >= 4 is 40.2 Å². The van der Waals surface area contributed by atoms with Crippen LogP contribution >= 0.6 is 0 Å². The van der Waals surface area contributed by atoms with Crippen molar-refractivity contribution < 1.29 is 23.5 Å². The van der Waals surface area contributed by atoms with Crippen LogP contribution in [0, 0.1) is 18.3 Å². The molecule has 1 amide bonds. The molecule has 0 spiro atoms. The SMILES string of the molecule is [C-]#[N+]c1c(F)cc(N(C)C(=O)OC(C)(C)C)c2c1-c1c(ncc(-c3cnc4c(c3)c(=O)c(C(=O)OCC)cn4C)c1N1CC[C@H]3CN(C)C[C@H]31)C2. The van der Waals surface area contributed by atoms with E-state index in [2.05, 4.69) is 26.7 Å². The van der Waals surface area contributed by atoms with Crippen LogP contribution in [-0.2, 0) is 22.9 Å². The molecule has 1 aliphatic carbocycles. The Morgan fingerprint density at radius 1 is 1.14 bits per heavy atom. The van der Waals surface area contributed by atoms with Crippen molar-refractivity contribution in [2.24, 2.45) is 13.0 Å². The molecule has 2 atom stereocenters. The summed E-state index contributed by atoms with van der Waals surface area (Å²) in [5.41, 5.74) is 3.51. The zero-order valence-corrected chi connectivity index (χ0v) is 29.8. The molecule has 1 aromatic carbocycles. The molecule has 0 radical (unpaired) electrons. The Morgan fingerprint density at radius 3 is 2.61 bits per heavy atom. The van der Waals surface area contributed by atoms with Crippen LogP contribution in [0.15, 0.2) is 35.5 Å². The van der Waals surface area contributed by atoms with Crippen LogP contribution in [0.1, 0.15) is 55.7 Å². The van der Waals surface area contributed by atoms with Crippen molar-refractivity contribution in [3.63, 3.8) is 0 Å². The predicted octanol–water partition coefficient (Wildman–Crippen LogP) is 5.94. The summed E-state index contributed by atoms with van der Waals surface area (Å²) in [4.78, 5) is 58.9. The van der Waals surface area contributed by atoms with Crippen LogP contribution in [0.5, 0.6) is 0 Å². The second-order valence-electron chi connectivity index (χ2n) is 14.6. The molecule has 3 aromatic heterocycles. The number of carbonyl (C=O) groups excluding carboxylic acids is 2. The van der Waals surface area contributed by atoms with Crippen LogP contribution < -0.4 is 15.2 Å². The number of esters is 1. The maximum absolute atomic E-state index is 16.1. The Labute approximate surface area is 295 Å². The van der Waals surface area contributed by atoms with Gasteiger partial charge < -0.3 is 23.8 Å². The van der Waals surface area contributed by atoms with Crippen molar-refractivity contribution in [3.8, 4) is 22.3 Å². The number of likely N-dealkylation sites (tertiary alicyclic amines) is 1. The van der Waals surface area contributed by atoms with Gasteiger partial charge in [0, 0.05) is 87.0 Å². The van der Waals surface area contributed by atoms with Crippen molar-refractivity contribution in [2.45, 2.75) is 52.2 Å². The molecule has 3 aliphatic rings. The molecule has 13 heteroatoms. The first-order valence-electron chi connectivity index (χ1n) is 17.1. The Hall–Kier alpha value is -5.35. The number of aromatic nitrogens is 3. The average molecular weight is 694 g/mol. The van der Waals surface area contributed by atoms with Gasteiger partial charge in [-0.05, 0) is 64.8 Å². The van der Waals surface area contributed by atoms with Crippen molar-refractivity contribution in [3.05, 3.63) is 75.0 Å². The van der Waals surface area contributed by atoms with Crippen molar-refractivity contribution in [2.75, 3.05) is 50.1 Å². The van der Waals surface area contributed by atoms with Crippen molar-refractivity contribution in [1.82, 2.24) is 19.4 Å². The van der Waals surface area contributed by atoms with E-state index in [-0.39, 0.29) is 35.7 Å². The molecule has 7 rings (SSSR count). The number of nitrogens with zero attached hydrogens (tertiary/aromatic N) is 7. The largest absolute Gasteiger partial charge is 0.462 e. The van der Waals surface area contributed by atoms with Gasteiger partial charge in [-0.1, -0.05) is 0 Å². The number of aryl methyl sites for hydroxylation is 1. The number of fused-ring (bicyclic) bond motifs is 5. The third-order valence-corrected chi connectivity index (χ3v) is 10.0. The number of pyridine rings is 3. The summed E-state index contributed by atoms with van der Waals surface area (Å²) in [7, 11) is 5.34. The van der Waals surface area contributed by atoms with Crippen LogP contribution in [0.25, 0.3) is 38.1 Å². The van der Waals surface area contributed by atoms with Gasteiger partial charge in [0.05, 0.1) is 35.6 Å². The highest BCUT2D eigenvalue weighted by molar-refractivity contribution is 6.04. The second-order valence-corrected chi connectivity index (χ2v) is 14.6. The summed E-state index contributed by atoms with van der Waals surface area (Å²) in [5.74, 6) is -1.06. The molecule has 2 saturated heterocycles. The number of amides is 1. The fraction of sp³-hybridized carbons (Fsp3) is 0.421. The number of likely N-dealkylation sites (N-methyl/N-ethyl adjacent to an activating group) is 1. The molecule has 0 N–H and O–H groups in total. The van der Waals surface area contributed by atoms with Gasteiger partial charge >= 0.3 is 12.1 Å². The summed E-state index contributed by atoms with van der Waals surface area (Å²) >= 11 is 0. The minimum absolute atomic E-state index is 0.0952. The lowest BCUT2D eigenvalue weighted by Gasteiger charge is -2.31. The number of hydrogen-bond acceptors (Lipinski definition) is 9. The maximum Gasteiger partial charge on any atom is 0.414 e. The highest BCUT2D eigenvalue weighted by atomic mass is 19.1. The second kappa shape index (κ2) is 12.5. The number of hydrogen-bond donors (Lipinski definition) is 0. The van der Waals surface area contributed by atoms with Gasteiger partial charge in [0.15, 0.2) is 0 Å². The van der Waals surface area contributed by atoms with Gasteiger partial charge in [0.1, 0.15) is 22.6 Å². The Bertz CT molecular complexity index is 2240. The minimum atomic E-state index is -0.775. The number of ether oxygens (including phenoxy) is 2. The van der Waals surface area contributed by atoms with Gasteiger partial charge in [-0.2, -0.15) is 0 Å². The average Bonchev–Trinajstić information content (AvgIpc) is 3.76. The Kier molecular flexibility index (Phi) is 8.33.